The average Bonchev–Trinajstić information content (AvgIpc) is 2.62. The maximum Gasteiger partial charge on any atom is 0.338 e. The van der Waals surface area contributed by atoms with Crippen LogP contribution in [0.3, 0.4) is 0 Å². The van der Waals surface area contributed by atoms with E-state index >= 15 is 0 Å². The molecule has 1 heterocycles. The molecule has 0 atom stereocenters. The number of carbonyl (C=O) groups is 1. The van der Waals surface area contributed by atoms with Gasteiger partial charge in [-0.2, -0.15) is 0 Å². The second kappa shape index (κ2) is 7.34. The quantitative estimate of drug-likeness (QED) is 0.610. The lowest BCUT2D eigenvalue weighted by Gasteiger charge is -2.11. The Labute approximate surface area is 147 Å². The summed E-state index contributed by atoms with van der Waals surface area (Å²) in [4.78, 5) is 16.5. The molecule has 0 N–H and O–H groups in total. The number of fused-ring (bicyclic) bond motifs is 1. The zero-order valence-electron chi connectivity index (χ0n) is 14.7. The molecule has 0 aliphatic heterocycles. The van der Waals surface area contributed by atoms with Crippen LogP contribution in [0.1, 0.15) is 35.5 Å². The fourth-order valence-electron chi connectivity index (χ4n) is 2.67. The molecule has 0 spiro atoms. The lowest BCUT2D eigenvalue weighted by Crippen LogP contribution is -2.04. The zero-order chi connectivity index (χ0) is 17.8. The summed E-state index contributed by atoms with van der Waals surface area (Å²) in [6.45, 7) is 6.17. The predicted octanol–water partition coefficient (Wildman–Crippen LogP) is 5.07. The molecule has 3 aromatic rings. The molecule has 0 aliphatic carbocycles. The van der Waals surface area contributed by atoms with E-state index in [1.54, 1.807) is 19.1 Å². The van der Waals surface area contributed by atoms with E-state index in [0.29, 0.717) is 17.9 Å². The Bertz CT molecular complexity index is 901. The van der Waals surface area contributed by atoms with Gasteiger partial charge in [0, 0.05) is 17.1 Å². The Morgan fingerprint density at radius 2 is 1.80 bits per heavy atom. The number of hydrogen-bond donors (Lipinski definition) is 0. The van der Waals surface area contributed by atoms with E-state index in [2.05, 4.69) is 24.0 Å². The smallest absolute Gasteiger partial charge is 0.338 e. The molecule has 0 bridgehead atoms. The predicted molar refractivity (Wildman–Crippen MR) is 98.3 cm³/mol. The molecule has 0 radical (unpaired) electrons. The number of rotatable bonds is 5. The SMILES string of the molecule is CCOC(=O)c1ccc2nc(C)cc(Oc3ccc(CC)cc3)c2c1. The van der Waals surface area contributed by atoms with Gasteiger partial charge < -0.3 is 9.47 Å². The number of benzene rings is 2. The molecule has 0 amide bonds. The highest BCUT2D eigenvalue weighted by Gasteiger charge is 2.12. The van der Waals surface area contributed by atoms with Crippen LogP contribution in [0.25, 0.3) is 10.9 Å². The summed E-state index contributed by atoms with van der Waals surface area (Å²) < 4.78 is 11.2. The van der Waals surface area contributed by atoms with Crippen LogP contribution in [0.15, 0.2) is 48.5 Å². The number of esters is 1. The fraction of sp³-hybridized carbons (Fsp3) is 0.238. The largest absolute Gasteiger partial charge is 0.462 e. The number of carbonyl (C=O) groups excluding carboxylic acids is 1. The van der Waals surface area contributed by atoms with Crippen LogP contribution >= 0.6 is 0 Å². The number of pyridine rings is 1. The minimum absolute atomic E-state index is 0.343. The number of ether oxygens (including phenoxy) is 2. The lowest BCUT2D eigenvalue weighted by molar-refractivity contribution is 0.0526. The van der Waals surface area contributed by atoms with Crippen molar-refractivity contribution >= 4 is 16.9 Å². The molecule has 128 valence electrons. The van der Waals surface area contributed by atoms with Gasteiger partial charge in [0.2, 0.25) is 0 Å². The van der Waals surface area contributed by atoms with Crippen molar-refractivity contribution in [3.05, 3.63) is 65.4 Å². The van der Waals surface area contributed by atoms with Crippen molar-refractivity contribution in [2.45, 2.75) is 27.2 Å². The Hall–Kier alpha value is -2.88. The average molecular weight is 335 g/mol. The third kappa shape index (κ3) is 3.79. The molecule has 3 rings (SSSR count). The van der Waals surface area contributed by atoms with Crippen LogP contribution in [0.5, 0.6) is 11.5 Å². The van der Waals surface area contributed by atoms with Gasteiger partial charge in [-0.1, -0.05) is 19.1 Å². The lowest BCUT2D eigenvalue weighted by atomic mass is 10.1. The van der Waals surface area contributed by atoms with Crippen molar-refractivity contribution in [3.63, 3.8) is 0 Å². The van der Waals surface area contributed by atoms with E-state index in [9.17, 15) is 4.79 Å². The van der Waals surface area contributed by atoms with E-state index in [1.807, 2.05) is 31.2 Å². The summed E-state index contributed by atoms with van der Waals surface area (Å²) in [5, 5.41) is 0.788. The van der Waals surface area contributed by atoms with E-state index in [0.717, 1.165) is 28.8 Å². The first-order chi connectivity index (χ1) is 12.1. The van der Waals surface area contributed by atoms with Gasteiger partial charge in [0.05, 0.1) is 17.7 Å². The highest BCUT2D eigenvalue weighted by Crippen LogP contribution is 2.31. The summed E-state index contributed by atoms with van der Waals surface area (Å²) in [6.07, 6.45) is 0.987. The van der Waals surface area contributed by atoms with E-state index < -0.39 is 0 Å². The Morgan fingerprint density at radius 3 is 2.48 bits per heavy atom. The van der Waals surface area contributed by atoms with Crippen LogP contribution in [-0.2, 0) is 11.2 Å². The summed E-state index contributed by atoms with van der Waals surface area (Å²) in [6, 6.07) is 15.2. The molecule has 0 unspecified atom stereocenters. The van der Waals surface area contributed by atoms with Gasteiger partial charge in [-0.05, 0) is 56.2 Å². The highest BCUT2D eigenvalue weighted by molar-refractivity contribution is 5.96. The summed E-state index contributed by atoms with van der Waals surface area (Å²) >= 11 is 0. The van der Waals surface area contributed by atoms with Gasteiger partial charge in [-0.25, -0.2) is 4.79 Å². The van der Waals surface area contributed by atoms with Crippen molar-refractivity contribution < 1.29 is 14.3 Å². The molecule has 4 heteroatoms. The highest BCUT2D eigenvalue weighted by atomic mass is 16.5. The van der Waals surface area contributed by atoms with E-state index in [1.165, 1.54) is 5.56 Å². The molecule has 1 aromatic heterocycles. The summed E-state index contributed by atoms with van der Waals surface area (Å²) in [7, 11) is 0. The van der Waals surface area contributed by atoms with Crippen LogP contribution in [-0.4, -0.2) is 17.6 Å². The first kappa shape index (κ1) is 17.0. The number of hydrogen-bond acceptors (Lipinski definition) is 4. The van der Waals surface area contributed by atoms with Crippen molar-refractivity contribution in [3.8, 4) is 11.5 Å². The topological polar surface area (TPSA) is 48.4 Å². The fourth-order valence-corrected chi connectivity index (χ4v) is 2.67. The second-order valence-electron chi connectivity index (χ2n) is 5.81. The van der Waals surface area contributed by atoms with Crippen molar-refractivity contribution in [2.75, 3.05) is 6.61 Å². The number of aryl methyl sites for hydroxylation is 2. The molecule has 2 aromatic carbocycles. The number of nitrogens with zero attached hydrogens (tertiary/aromatic N) is 1. The molecule has 0 saturated heterocycles. The minimum atomic E-state index is -0.344. The third-order valence-electron chi connectivity index (χ3n) is 3.97. The van der Waals surface area contributed by atoms with Crippen LogP contribution in [0.2, 0.25) is 0 Å². The normalized spacial score (nSPS) is 10.7. The van der Waals surface area contributed by atoms with Crippen molar-refractivity contribution in [1.82, 2.24) is 4.98 Å². The van der Waals surface area contributed by atoms with Crippen LogP contribution in [0, 0.1) is 6.92 Å². The second-order valence-corrected chi connectivity index (χ2v) is 5.81. The zero-order valence-corrected chi connectivity index (χ0v) is 14.7. The first-order valence-electron chi connectivity index (χ1n) is 8.46. The molecular weight excluding hydrogens is 314 g/mol. The van der Waals surface area contributed by atoms with Gasteiger partial charge in [-0.3, -0.25) is 4.98 Å². The van der Waals surface area contributed by atoms with Crippen molar-refractivity contribution in [2.24, 2.45) is 0 Å². The Balaban J connectivity index is 2.02. The molecule has 4 nitrogen and oxygen atoms in total. The van der Waals surface area contributed by atoms with Crippen LogP contribution in [0.4, 0.5) is 0 Å². The maximum atomic E-state index is 12.0. The van der Waals surface area contributed by atoms with Gasteiger partial charge in [0.15, 0.2) is 0 Å². The van der Waals surface area contributed by atoms with Gasteiger partial charge in [0.1, 0.15) is 11.5 Å². The van der Waals surface area contributed by atoms with E-state index in [4.69, 9.17) is 9.47 Å². The minimum Gasteiger partial charge on any atom is -0.462 e. The van der Waals surface area contributed by atoms with E-state index in [-0.39, 0.29) is 5.97 Å². The first-order valence-corrected chi connectivity index (χ1v) is 8.46. The van der Waals surface area contributed by atoms with Gasteiger partial charge in [-0.15, -0.1) is 0 Å². The van der Waals surface area contributed by atoms with Crippen molar-refractivity contribution in [1.29, 1.82) is 0 Å². The molecule has 0 saturated carbocycles. The third-order valence-corrected chi connectivity index (χ3v) is 3.97. The summed E-state index contributed by atoms with van der Waals surface area (Å²) in [5.74, 6) is 1.09. The monoisotopic (exact) mass is 335 g/mol. The molecule has 0 aliphatic rings. The molecule has 0 fully saturated rings. The number of aromatic nitrogens is 1. The van der Waals surface area contributed by atoms with Gasteiger partial charge in [0.25, 0.3) is 0 Å². The molecular formula is C21H21NO3. The van der Waals surface area contributed by atoms with Crippen LogP contribution < -0.4 is 4.74 Å². The summed E-state index contributed by atoms with van der Waals surface area (Å²) in [5.41, 5.74) is 3.39. The van der Waals surface area contributed by atoms with Gasteiger partial charge >= 0.3 is 5.97 Å². The Kier molecular flexibility index (Phi) is 4.98. The standard InChI is InChI=1S/C21H21NO3/c1-4-15-6-9-17(10-7-15)25-20-12-14(3)22-19-11-8-16(13-18(19)20)21(23)24-5-2/h6-13H,4-5H2,1-3H3. The Morgan fingerprint density at radius 1 is 1.04 bits per heavy atom. The maximum absolute atomic E-state index is 12.0. The molecule has 25 heavy (non-hydrogen) atoms.